The second-order valence-electron chi connectivity index (χ2n) is 5.01. The molecule has 0 aromatic heterocycles. The van der Waals surface area contributed by atoms with Gasteiger partial charge in [0.1, 0.15) is 0 Å². The van der Waals surface area contributed by atoms with E-state index >= 15 is 0 Å². The molecule has 0 saturated carbocycles. The number of ether oxygens (including phenoxy) is 1. The Bertz CT molecular complexity index is 909. The molecule has 128 valence electrons. The highest BCUT2D eigenvalue weighted by atomic mass is 79.9. The molecule has 0 heterocycles. The van der Waals surface area contributed by atoms with Crippen molar-refractivity contribution >= 4 is 43.4 Å². The second-order valence-corrected chi connectivity index (χ2v) is 7.82. The number of methoxy groups -OCH3 is 1. The van der Waals surface area contributed by atoms with E-state index in [0.29, 0.717) is 4.47 Å². The summed E-state index contributed by atoms with van der Waals surface area (Å²) in [6, 6.07) is 7.44. The third kappa shape index (κ3) is 3.91. The fourth-order valence-corrected chi connectivity index (χ4v) is 4.40. The molecule has 0 N–H and O–H groups in total. The molecular formula is C16H14BrClO5S. The van der Waals surface area contributed by atoms with Gasteiger partial charge in [0.05, 0.1) is 17.1 Å². The molecule has 0 saturated heterocycles. The SMILES string of the molecule is COc1c(Br)cc(Cl)cc1S(=O)(=O)Oc1cc(C)ccc1C(C)=O. The van der Waals surface area contributed by atoms with Gasteiger partial charge < -0.3 is 8.92 Å². The van der Waals surface area contributed by atoms with Gasteiger partial charge in [-0.1, -0.05) is 17.7 Å². The van der Waals surface area contributed by atoms with Gasteiger partial charge in [-0.3, -0.25) is 4.79 Å². The van der Waals surface area contributed by atoms with E-state index in [9.17, 15) is 13.2 Å². The number of benzene rings is 2. The van der Waals surface area contributed by atoms with E-state index in [2.05, 4.69) is 15.9 Å². The zero-order valence-electron chi connectivity index (χ0n) is 13.1. The lowest BCUT2D eigenvalue weighted by atomic mass is 10.1. The fraction of sp³-hybridized carbons (Fsp3) is 0.188. The Balaban J connectivity index is 2.59. The summed E-state index contributed by atoms with van der Waals surface area (Å²) in [4.78, 5) is 11.5. The summed E-state index contributed by atoms with van der Waals surface area (Å²) < 4.78 is 36.1. The van der Waals surface area contributed by atoms with Gasteiger partial charge in [0.15, 0.2) is 22.2 Å². The lowest BCUT2D eigenvalue weighted by Gasteiger charge is -2.14. The van der Waals surface area contributed by atoms with Crippen LogP contribution in [0, 0.1) is 6.92 Å². The van der Waals surface area contributed by atoms with Crippen molar-refractivity contribution in [1.82, 2.24) is 0 Å². The number of carbonyl (C=O) groups is 1. The number of rotatable bonds is 5. The third-order valence-corrected chi connectivity index (χ3v) is 5.21. The predicted octanol–water partition coefficient (Wildman–Crippen LogP) is 4.39. The highest BCUT2D eigenvalue weighted by molar-refractivity contribution is 9.10. The molecule has 0 atom stereocenters. The van der Waals surface area contributed by atoms with Crippen molar-refractivity contribution < 1.29 is 22.1 Å². The molecule has 0 fully saturated rings. The minimum Gasteiger partial charge on any atom is -0.494 e. The van der Waals surface area contributed by atoms with Crippen molar-refractivity contribution in [3.05, 3.63) is 51.0 Å². The summed E-state index contributed by atoms with van der Waals surface area (Å²) in [6.45, 7) is 3.10. The molecule has 2 rings (SSSR count). The van der Waals surface area contributed by atoms with E-state index < -0.39 is 10.1 Å². The monoisotopic (exact) mass is 432 g/mol. The van der Waals surface area contributed by atoms with Crippen molar-refractivity contribution in [2.24, 2.45) is 0 Å². The Morgan fingerprint density at radius 2 is 1.88 bits per heavy atom. The molecular weight excluding hydrogens is 420 g/mol. The quantitative estimate of drug-likeness (QED) is 0.517. The first-order valence-corrected chi connectivity index (χ1v) is 9.32. The van der Waals surface area contributed by atoms with E-state index in [1.807, 2.05) is 0 Å². The summed E-state index contributed by atoms with van der Waals surface area (Å²) in [6.07, 6.45) is 0. The first kappa shape index (κ1) is 18.8. The number of hydrogen-bond donors (Lipinski definition) is 0. The van der Waals surface area contributed by atoms with Crippen LogP contribution in [-0.2, 0) is 10.1 Å². The first-order valence-electron chi connectivity index (χ1n) is 6.75. The van der Waals surface area contributed by atoms with Crippen molar-refractivity contribution in [3.8, 4) is 11.5 Å². The van der Waals surface area contributed by atoms with Crippen LogP contribution in [0.3, 0.4) is 0 Å². The molecule has 0 amide bonds. The van der Waals surface area contributed by atoms with Crippen LogP contribution in [0.2, 0.25) is 5.02 Å². The van der Waals surface area contributed by atoms with E-state index in [1.165, 1.54) is 38.3 Å². The average Bonchev–Trinajstić information content (AvgIpc) is 2.45. The minimum absolute atomic E-state index is 0.0411. The molecule has 0 aliphatic carbocycles. The van der Waals surface area contributed by atoms with Crippen LogP contribution in [0.15, 0.2) is 39.7 Å². The van der Waals surface area contributed by atoms with Crippen LogP contribution in [0.1, 0.15) is 22.8 Å². The van der Waals surface area contributed by atoms with E-state index in [4.69, 9.17) is 20.5 Å². The van der Waals surface area contributed by atoms with Crippen LogP contribution in [-0.4, -0.2) is 21.3 Å². The third-order valence-electron chi connectivity index (χ3n) is 3.16. The van der Waals surface area contributed by atoms with Gasteiger partial charge in [0, 0.05) is 5.02 Å². The Kier molecular flexibility index (Phi) is 5.57. The molecule has 0 unspecified atom stereocenters. The number of hydrogen-bond acceptors (Lipinski definition) is 5. The molecule has 24 heavy (non-hydrogen) atoms. The van der Waals surface area contributed by atoms with Crippen molar-refractivity contribution in [2.45, 2.75) is 18.7 Å². The van der Waals surface area contributed by atoms with Gasteiger partial charge in [0.2, 0.25) is 0 Å². The number of ketones is 1. The highest BCUT2D eigenvalue weighted by Crippen LogP contribution is 2.37. The topological polar surface area (TPSA) is 69.7 Å². The zero-order chi connectivity index (χ0) is 18.1. The highest BCUT2D eigenvalue weighted by Gasteiger charge is 2.26. The Labute approximate surface area is 153 Å². The maximum absolute atomic E-state index is 12.7. The smallest absolute Gasteiger partial charge is 0.343 e. The number of carbonyl (C=O) groups excluding carboxylic acids is 1. The normalized spacial score (nSPS) is 11.2. The summed E-state index contributed by atoms with van der Waals surface area (Å²) >= 11 is 9.14. The molecule has 0 radical (unpaired) electrons. The molecule has 8 heteroatoms. The van der Waals surface area contributed by atoms with Gasteiger partial charge in [-0.05, 0) is 59.6 Å². The molecule has 0 aliphatic rings. The van der Waals surface area contributed by atoms with Crippen molar-refractivity contribution in [3.63, 3.8) is 0 Å². The number of aryl methyl sites for hydroxylation is 1. The largest absolute Gasteiger partial charge is 0.494 e. The maximum atomic E-state index is 12.7. The summed E-state index contributed by atoms with van der Waals surface area (Å²) in [7, 11) is -2.93. The Hall–Kier alpha value is -1.57. The van der Waals surface area contributed by atoms with Gasteiger partial charge >= 0.3 is 10.1 Å². The Morgan fingerprint density at radius 3 is 2.46 bits per heavy atom. The van der Waals surface area contributed by atoms with E-state index in [-0.39, 0.29) is 32.8 Å². The van der Waals surface area contributed by atoms with E-state index in [0.717, 1.165) is 5.56 Å². The Morgan fingerprint density at radius 1 is 1.21 bits per heavy atom. The molecule has 0 bridgehead atoms. The lowest BCUT2D eigenvalue weighted by molar-refractivity contribution is 0.101. The maximum Gasteiger partial charge on any atom is 0.343 e. The lowest BCUT2D eigenvalue weighted by Crippen LogP contribution is -2.13. The molecule has 0 spiro atoms. The number of Topliss-reactive ketones (excluding diaryl/α,β-unsaturated/α-hetero) is 1. The van der Waals surface area contributed by atoms with Crippen LogP contribution in [0.4, 0.5) is 0 Å². The fourth-order valence-electron chi connectivity index (χ4n) is 2.07. The van der Waals surface area contributed by atoms with Crippen LogP contribution in [0.5, 0.6) is 11.5 Å². The van der Waals surface area contributed by atoms with Crippen molar-refractivity contribution in [1.29, 1.82) is 0 Å². The van der Waals surface area contributed by atoms with E-state index in [1.54, 1.807) is 13.0 Å². The average molecular weight is 434 g/mol. The molecule has 0 aliphatic heterocycles. The predicted molar refractivity (Wildman–Crippen MR) is 94.7 cm³/mol. The van der Waals surface area contributed by atoms with Gasteiger partial charge in [-0.25, -0.2) is 0 Å². The standard InChI is InChI=1S/C16H14BrClO5S/c1-9-4-5-12(10(2)19)14(6-9)23-24(20,21)15-8-11(18)7-13(17)16(15)22-3/h4-8H,1-3H3. The summed E-state index contributed by atoms with van der Waals surface area (Å²) in [5.74, 6) is -0.281. The van der Waals surface area contributed by atoms with Crippen LogP contribution in [0.25, 0.3) is 0 Å². The minimum atomic E-state index is -4.27. The second kappa shape index (κ2) is 7.13. The summed E-state index contributed by atoms with van der Waals surface area (Å²) in [5, 5.41) is 0.195. The molecule has 5 nitrogen and oxygen atoms in total. The van der Waals surface area contributed by atoms with Crippen LogP contribution >= 0.6 is 27.5 Å². The molecule has 2 aromatic carbocycles. The van der Waals surface area contributed by atoms with Crippen molar-refractivity contribution in [2.75, 3.05) is 7.11 Å². The number of halogens is 2. The zero-order valence-corrected chi connectivity index (χ0v) is 16.3. The molecule has 2 aromatic rings. The van der Waals surface area contributed by atoms with Gasteiger partial charge in [-0.2, -0.15) is 8.42 Å². The summed E-state index contributed by atoms with van der Waals surface area (Å²) in [5.41, 5.74) is 0.925. The van der Waals surface area contributed by atoms with Crippen LogP contribution < -0.4 is 8.92 Å². The van der Waals surface area contributed by atoms with Gasteiger partial charge in [0.25, 0.3) is 0 Å². The van der Waals surface area contributed by atoms with Gasteiger partial charge in [-0.15, -0.1) is 0 Å². The first-order chi connectivity index (χ1) is 11.2.